The summed E-state index contributed by atoms with van der Waals surface area (Å²) in [5, 5.41) is 8.87. The molecule has 1 aromatic heterocycles. The molecular weight excluding hydrogens is 421 g/mol. The molecule has 0 radical (unpaired) electrons. The number of ether oxygens (including phenoxy) is 1. The van der Waals surface area contributed by atoms with E-state index < -0.39 is 29.4 Å². The van der Waals surface area contributed by atoms with E-state index in [0.717, 1.165) is 12.1 Å². The summed E-state index contributed by atoms with van der Waals surface area (Å²) in [6.45, 7) is 1.04. The van der Waals surface area contributed by atoms with Gasteiger partial charge in [-0.25, -0.2) is 22.9 Å². The number of carbonyl (C=O) groups is 1. The van der Waals surface area contributed by atoms with Gasteiger partial charge in [-0.15, -0.1) is 0 Å². The molecule has 1 aliphatic rings. The number of alkyl halides is 1. The van der Waals surface area contributed by atoms with E-state index in [-0.39, 0.29) is 24.1 Å². The monoisotopic (exact) mass is 442 g/mol. The van der Waals surface area contributed by atoms with Gasteiger partial charge in [-0.3, -0.25) is 0 Å². The fraction of sp³-hybridized carbons (Fsp3) is 0.400. The van der Waals surface area contributed by atoms with Gasteiger partial charge in [-0.1, -0.05) is 11.6 Å². The van der Waals surface area contributed by atoms with Crippen LogP contribution in [0, 0.1) is 17.6 Å². The second-order valence-corrected chi connectivity index (χ2v) is 7.42. The molecule has 2 heterocycles. The SMILES string of the molecule is COc1cc(F)c([C@H](F)CC2CNCCC2NC(=O)Nc2ccc(Cl)nc2)c(F)c1. The maximum Gasteiger partial charge on any atom is 0.319 e. The number of rotatable bonds is 6. The largest absolute Gasteiger partial charge is 0.497 e. The van der Waals surface area contributed by atoms with Crippen LogP contribution in [0.3, 0.4) is 0 Å². The Hall–Kier alpha value is -2.52. The lowest BCUT2D eigenvalue weighted by Gasteiger charge is -2.33. The van der Waals surface area contributed by atoms with Crippen LogP contribution in [0.15, 0.2) is 30.5 Å². The smallest absolute Gasteiger partial charge is 0.319 e. The minimum Gasteiger partial charge on any atom is -0.497 e. The van der Waals surface area contributed by atoms with E-state index >= 15 is 0 Å². The maximum absolute atomic E-state index is 14.9. The van der Waals surface area contributed by atoms with Crippen molar-refractivity contribution in [2.24, 2.45) is 5.92 Å². The molecular formula is C20H22ClF3N4O2. The van der Waals surface area contributed by atoms with Gasteiger partial charge in [0.05, 0.1) is 24.6 Å². The van der Waals surface area contributed by atoms with Crippen molar-refractivity contribution in [3.8, 4) is 5.75 Å². The van der Waals surface area contributed by atoms with E-state index in [1.165, 1.54) is 19.4 Å². The van der Waals surface area contributed by atoms with E-state index in [2.05, 4.69) is 20.9 Å². The van der Waals surface area contributed by atoms with Crippen LogP contribution < -0.4 is 20.7 Å². The Balaban J connectivity index is 1.65. The molecule has 2 amide bonds. The molecule has 10 heteroatoms. The fourth-order valence-electron chi connectivity index (χ4n) is 3.51. The van der Waals surface area contributed by atoms with Gasteiger partial charge >= 0.3 is 6.03 Å². The average molecular weight is 443 g/mol. The lowest BCUT2D eigenvalue weighted by Crippen LogP contribution is -2.50. The van der Waals surface area contributed by atoms with E-state index in [1.54, 1.807) is 6.07 Å². The third kappa shape index (κ3) is 5.54. The number of hydrogen-bond donors (Lipinski definition) is 3. The third-order valence-corrected chi connectivity index (χ3v) is 5.24. The first-order valence-corrected chi connectivity index (χ1v) is 9.82. The molecule has 0 bridgehead atoms. The topological polar surface area (TPSA) is 75.3 Å². The van der Waals surface area contributed by atoms with Crippen molar-refractivity contribution in [1.29, 1.82) is 0 Å². The summed E-state index contributed by atoms with van der Waals surface area (Å²) in [5.41, 5.74) is -0.176. The second kappa shape index (κ2) is 9.99. The molecule has 2 unspecified atom stereocenters. The van der Waals surface area contributed by atoms with Gasteiger partial charge < -0.3 is 20.7 Å². The highest BCUT2D eigenvalue weighted by Crippen LogP contribution is 2.33. The number of hydrogen-bond acceptors (Lipinski definition) is 4. The van der Waals surface area contributed by atoms with Crippen LogP contribution in [0.1, 0.15) is 24.6 Å². The minimum atomic E-state index is -1.87. The molecule has 162 valence electrons. The van der Waals surface area contributed by atoms with E-state index in [9.17, 15) is 18.0 Å². The van der Waals surface area contributed by atoms with Crippen LogP contribution in [-0.2, 0) is 0 Å². The Kier molecular flexibility index (Phi) is 7.38. The highest BCUT2D eigenvalue weighted by atomic mass is 35.5. The van der Waals surface area contributed by atoms with Crippen molar-refractivity contribution in [2.75, 3.05) is 25.5 Å². The second-order valence-electron chi connectivity index (χ2n) is 7.04. The molecule has 3 N–H and O–H groups in total. The Morgan fingerprint density at radius 3 is 2.73 bits per heavy atom. The number of nitrogens with zero attached hydrogens (tertiary/aromatic N) is 1. The summed E-state index contributed by atoms with van der Waals surface area (Å²) in [5.74, 6) is -2.38. The molecule has 1 fully saturated rings. The number of piperidine rings is 1. The number of urea groups is 1. The van der Waals surface area contributed by atoms with Gasteiger partial charge in [0.1, 0.15) is 28.7 Å². The zero-order chi connectivity index (χ0) is 21.7. The number of benzene rings is 1. The quantitative estimate of drug-likeness (QED) is 0.585. The van der Waals surface area contributed by atoms with Crippen molar-refractivity contribution in [3.05, 3.63) is 52.8 Å². The van der Waals surface area contributed by atoms with Crippen molar-refractivity contribution in [2.45, 2.75) is 25.1 Å². The van der Waals surface area contributed by atoms with Crippen LogP contribution in [0.25, 0.3) is 0 Å². The van der Waals surface area contributed by atoms with Crippen LogP contribution in [0.4, 0.5) is 23.7 Å². The Morgan fingerprint density at radius 2 is 2.10 bits per heavy atom. The number of nitrogens with one attached hydrogen (secondary N) is 3. The number of aromatic nitrogens is 1. The summed E-state index contributed by atoms with van der Waals surface area (Å²) >= 11 is 5.72. The molecule has 0 aliphatic carbocycles. The number of halogens is 4. The first kappa shape index (κ1) is 22.2. The van der Waals surface area contributed by atoms with Crippen molar-refractivity contribution in [1.82, 2.24) is 15.6 Å². The molecule has 0 spiro atoms. The summed E-state index contributed by atoms with van der Waals surface area (Å²) in [6.07, 6.45) is -0.0550. The zero-order valence-electron chi connectivity index (χ0n) is 16.2. The van der Waals surface area contributed by atoms with Gasteiger partial charge in [0.2, 0.25) is 0 Å². The van der Waals surface area contributed by atoms with Gasteiger partial charge in [0.15, 0.2) is 0 Å². The van der Waals surface area contributed by atoms with E-state index in [0.29, 0.717) is 30.4 Å². The molecule has 3 rings (SSSR count). The molecule has 1 aromatic carbocycles. The number of carbonyl (C=O) groups excluding carboxylic acids is 1. The Morgan fingerprint density at radius 1 is 1.37 bits per heavy atom. The van der Waals surface area contributed by atoms with Crippen LogP contribution >= 0.6 is 11.6 Å². The molecule has 6 nitrogen and oxygen atoms in total. The highest BCUT2D eigenvalue weighted by Gasteiger charge is 2.31. The summed E-state index contributed by atoms with van der Waals surface area (Å²) < 4.78 is 48.1. The zero-order valence-corrected chi connectivity index (χ0v) is 17.0. The normalized spacial score (nSPS) is 19.8. The fourth-order valence-corrected chi connectivity index (χ4v) is 3.62. The van der Waals surface area contributed by atoms with Gasteiger partial charge in [0.25, 0.3) is 0 Å². The highest BCUT2D eigenvalue weighted by molar-refractivity contribution is 6.29. The molecule has 0 saturated carbocycles. The van der Waals surface area contributed by atoms with Gasteiger partial charge in [-0.05, 0) is 37.4 Å². The maximum atomic E-state index is 14.9. The first-order valence-electron chi connectivity index (χ1n) is 9.44. The van der Waals surface area contributed by atoms with E-state index in [4.69, 9.17) is 16.3 Å². The van der Waals surface area contributed by atoms with Crippen molar-refractivity contribution >= 4 is 23.3 Å². The molecule has 3 atom stereocenters. The van der Waals surface area contributed by atoms with Crippen molar-refractivity contribution < 1.29 is 22.7 Å². The lowest BCUT2D eigenvalue weighted by molar-refractivity contribution is 0.192. The number of anilines is 1. The predicted molar refractivity (Wildman–Crippen MR) is 108 cm³/mol. The van der Waals surface area contributed by atoms with Crippen LogP contribution in [0.2, 0.25) is 5.15 Å². The van der Waals surface area contributed by atoms with Gasteiger partial charge in [0, 0.05) is 24.7 Å². The summed E-state index contributed by atoms with van der Waals surface area (Å²) in [7, 11) is 1.27. The molecule has 1 saturated heterocycles. The summed E-state index contributed by atoms with van der Waals surface area (Å²) in [6, 6.07) is 4.20. The van der Waals surface area contributed by atoms with Gasteiger partial charge in [-0.2, -0.15) is 0 Å². The van der Waals surface area contributed by atoms with Crippen molar-refractivity contribution in [3.63, 3.8) is 0 Å². The molecule has 30 heavy (non-hydrogen) atoms. The average Bonchev–Trinajstić information content (AvgIpc) is 2.70. The first-order chi connectivity index (χ1) is 14.4. The van der Waals surface area contributed by atoms with E-state index in [1.807, 2.05) is 0 Å². The van der Waals surface area contributed by atoms with Crippen LogP contribution in [0.5, 0.6) is 5.75 Å². The minimum absolute atomic E-state index is 0.0202. The number of amides is 2. The Labute approximate surface area is 177 Å². The summed E-state index contributed by atoms with van der Waals surface area (Å²) in [4.78, 5) is 16.2. The molecule has 1 aliphatic heterocycles. The third-order valence-electron chi connectivity index (χ3n) is 5.02. The molecule has 2 aromatic rings. The predicted octanol–water partition coefficient (Wildman–Crippen LogP) is 4.22. The van der Waals surface area contributed by atoms with Crippen LogP contribution in [-0.4, -0.2) is 37.3 Å². The standard InChI is InChI=1S/C20H22ClF3N4O2/c1-30-13-7-15(23)19(16(24)8-13)14(22)6-11-9-25-5-4-17(11)28-20(29)27-12-2-3-18(21)26-10-12/h2-3,7-8,10-11,14,17,25H,4-6,9H2,1H3,(H2,27,28,29)/t11?,14-,17?/m1/s1. The number of methoxy groups -OCH3 is 1. The number of pyridine rings is 1. The lowest BCUT2D eigenvalue weighted by atomic mass is 9.87. The Bertz CT molecular complexity index is 862.